The van der Waals surface area contributed by atoms with Gasteiger partial charge in [0.1, 0.15) is 5.75 Å². The number of ether oxygens (including phenoxy) is 1. The van der Waals surface area contributed by atoms with Crippen LogP contribution >= 0.6 is 24.0 Å². The van der Waals surface area contributed by atoms with E-state index in [0.717, 1.165) is 36.8 Å². The van der Waals surface area contributed by atoms with Crippen molar-refractivity contribution in [3.63, 3.8) is 0 Å². The third-order valence-electron chi connectivity index (χ3n) is 6.58. The van der Waals surface area contributed by atoms with Gasteiger partial charge in [-0.05, 0) is 56.2 Å². The number of hydrogen-bond donors (Lipinski definition) is 2. The van der Waals surface area contributed by atoms with Gasteiger partial charge >= 0.3 is 0 Å². The van der Waals surface area contributed by atoms with Crippen LogP contribution in [0.1, 0.15) is 39.0 Å². The number of aromatic amines is 1. The zero-order valence-electron chi connectivity index (χ0n) is 18.8. The topological polar surface area (TPSA) is 75.2 Å². The van der Waals surface area contributed by atoms with E-state index < -0.39 is 0 Å². The first-order chi connectivity index (χ1) is 15.6. The quantitative estimate of drug-likeness (QED) is 0.536. The molecule has 1 saturated heterocycles. The highest BCUT2D eigenvalue weighted by Gasteiger charge is 2.40. The van der Waals surface area contributed by atoms with E-state index in [4.69, 9.17) is 17.0 Å². The molecule has 2 N–H and O–H groups in total. The van der Waals surface area contributed by atoms with E-state index in [2.05, 4.69) is 20.4 Å². The Balaban J connectivity index is 1.36. The standard InChI is InChI=1S/C23H33N5O2S2/c1-2-30-19-7-5-18(6-8-19)21-25-26-22(31)28(21)12-9-20(29)24-17-23(10-3-4-11-23)27-13-15-32-16-14-27/h5-8H,2-4,9-17H2,1H3,(H,24,29)(H,26,31). The molecule has 7 nitrogen and oxygen atoms in total. The summed E-state index contributed by atoms with van der Waals surface area (Å²) >= 11 is 7.46. The minimum Gasteiger partial charge on any atom is -0.494 e. The molecule has 1 aliphatic carbocycles. The average Bonchev–Trinajstić information content (AvgIpc) is 3.45. The Kier molecular flexibility index (Phi) is 7.91. The van der Waals surface area contributed by atoms with Gasteiger partial charge in [0.05, 0.1) is 6.61 Å². The molecule has 0 spiro atoms. The van der Waals surface area contributed by atoms with E-state index >= 15 is 0 Å². The number of carbonyl (C=O) groups excluding carboxylic acids is 1. The zero-order valence-corrected chi connectivity index (χ0v) is 20.4. The van der Waals surface area contributed by atoms with Gasteiger partial charge < -0.3 is 10.1 Å². The Morgan fingerprint density at radius 2 is 1.97 bits per heavy atom. The maximum Gasteiger partial charge on any atom is 0.221 e. The van der Waals surface area contributed by atoms with Crippen molar-refractivity contribution >= 4 is 29.9 Å². The Labute approximate surface area is 199 Å². The second kappa shape index (κ2) is 10.9. The molecule has 0 bridgehead atoms. The van der Waals surface area contributed by atoms with Crippen molar-refractivity contribution in [2.45, 2.75) is 51.1 Å². The summed E-state index contributed by atoms with van der Waals surface area (Å²) in [5.41, 5.74) is 1.09. The minimum absolute atomic E-state index is 0.0726. The van der Waals surface area contributed by atoms with Crippen molar-refractivity contribution in [1.82, 2.24) is 25.0 Å². The van der Waals surface area contributed by atoms with Gasteiger partial charge in [-0.2, -0.15) is 16.9 Å². The molecule has 4 rings (SSSR count). The lowest BCUT2D eigenvalue weighted by molar-refractivity contribution is -0.122. The molecule has 2 aromatic rings. The summed E-state index contributed by atoms with van der Waals surface area (Å²) in [5, 5.41) is 10.5. The summed E-state index contributed by atoms with van der Waals surface area (Å²) in [6.45, 7) is 6.11. The van der Waals surface area contributed by atoms with Gasteiger partial charge in [-0.25, -0.2) is 0 Å². The Bertz CT molecular complexity index is 944. The van der Waals surface area contributed by atoms with Crippen LogP contribution in [0.25, 0.3) is 11.4 Å². The Morgan fingerprint density at radius 1 is 1.25 bits per heavy atom. The van der Waals surface area contributed by atoms with Crippen molar-refractivity contribution in [3.05, 3.63) is 29.0 Å². The highest BCUT2D eigenvalue weighted by Crippen LogP contribution is 2.36. The van der Waals surface area contributed by atoms with Crippen molar-refractivity contribution in [1.29, 1.82) is 0 Å². The van der Waals surface area contributed by atoms with Crippen LogP contribution < -0.4 is 10.1 Å². The second-order valence-electron chi connectivity index (χ2n) is 8.52. The highest BCUT2D eigenvalue weighted by molar-refractivity contribution is 7.99. The first kappa shape index (κ1) is 23.3. The highest BCUT2D eigenvalue weighted by atomic mass is 32.2. The average molecular weight is 476 g/mol. The number of H-pyrrole nitrogens is 1. The molecule has 2 aliphatic rings. The molecule has 1 saturated carbocycles. The number of thioether (sulfide) groups is 1. The molecule has 1 aliphatic heterocycles. The van der Waals surface area contributed by atoms with E-state index in [-0.39, 0.29) is 11.4 Å². The van der Waals surface area contributed by atoms with Crippen LogP contribution in [0.5, 0.6) is 5.75 Å². The van der Waals surface area contributed by atoms with Gasteiger partial charge in [0, 0.05) is 55.2 Å². The fraction of sp³-hybridized carbons (Fsp3) is 0.609. The molecule has 174 valence electrons. The number of carbonyl (C=O) groups is 1. The van der Waals surface area contributed by atoms with E-state index in [1.54, 1.807) is 0 Å². The van der Waals surface area contributed by atoms with Crippen molar-refractivity contribution in [2.75, 3.05) is 37.7 Å². The van der Waals surface area contributed by atoms with Crippen molar-refractivity contribution in [3.8, 4) is 17.1 Å². The van der Waals surface area contributed by atoms with Crippen LogP contribution in [-0.2, 0) is 11.3 Å². The number of aromatic nitrogens is 3. The monoisotopic (exact) mass is 475 g/mol. The summed E-state index contributed by atoms with van der Waals surface area (Å²) in [5.74, 6) is 4.03. The molecule has 1 aromatic heterocycles. The van der Waals surface area contributed by atoms with E-state index in [1.165, 1.54) is 37.2 Å². The Morgan fingerprint density at radius 3 is 2.66 bits per heavy atom. The number of amides is 1. The van der Waals surface area contributed by atoms with Crippen LogP contribution in [0.2, 0.25) is 0 Å². The summed E-state index contributed by atoms with van der Waals surface area (Å²) in [6, 6.07) is 7.78. The van der Waals surface area contributed by atoms with E-state index in [0.29, 0.717) is 24.3 Å². The Hall–Kier alpha value is -1.84. The molecule has 0 atom stereocenters. The summed E-state index contributed by atoms with van der Waals surface area (Å²) in [6.07, 6.45) is 5.27. The lowest BCUT2D eigenvalue weighted by atomic mass is 9.94. The first-order valence-corrected chi connectivity index (χ1v) is 13.2. The summed E-state index contributed by atoms with van der Waals surface area (Å²) in [4.78, 5) is 15.4. The molecule has 1 amide bonds. The molecule has 9 heteroatoms. The predicted octanol–water partition coefficient (Wildman–Crippen LogP) is 3.87. The first-order valence-electron chi connectivity index (χ1n) is 11.6. The second-order valence-corrected chi connectivity index (χ2v) is 10.1. The van der Waals surface area contributed by atoms with Gasteiger partial charge in [-0.15, -0.1) is 0 Å². The van der Waals surface area contributed by atoms with Gasteiger partial charge in [-0.3, -0.25) is 19.4 Å². The fourth-order valence-electron chi connectivity index (χ4n) is 4.85. The van der Waals surface area contributed by atoms with E-state index in [1.807, 2.05) is 47.5 Å². The largest absolute Gasteiger partial charge is 0.494 e. The summed E-state index contributed by atoms with van der Waals surface area (Å²) < 4.78 is 7.95. The number of hydrogen-bond acceptors (Lipinski definition) is 6. The predicted molar refractivity (Wildman–Crippen MR) is 132 cm³/mol. The molecule has 32 heavy (non-hydrogen) atoms. The molecule has 1 aromatic carbocycles. The van der Waals surface area contributed by atoms with Crippen molar-refractivity contribution < 1.29 is 9.53 Å². The van der Waals surface area contributed by atoms with Crippen LogP contribution in [0.15, 0.2) is 24.3 Å². The minimum atomic E-state index is 0.0726. The van der Waals surface area contributed by atoms with Gasteiger partial charge in [0.2, 0.25) is 5.91 Å². The van der Waals surface area contributed by atoms with Crippen LogP contribution in [-0.4, -0.2) is 68.9 Å². The van der Waals surface area contributed by atoms with Gasteiger partial charge in [-0.1, -0.05) is 12.8 Å². The van der Waals surface area contributed by atoms with Crippen LogP contribution in [0.4, 0.5) is 0 Å². The summed E-state index contributed by atoms with van der Waals surface area (Å²) in [7, 11) is 0. The zero-order chi connectivity index (χ0) is 22.4. The number of nitrogens with zero attached hydrogens (tertiary/aromatic N) is 3. The van der Waals surface area contributed by atoms with Gasteiger partial charge in [0.15, 0.2) is 10.6 Å². The number of nitrogens with one attached hydrogen (secondary N) is 2. The lowest BCUT2D eigenvalue weighted by Gasteiger charge is -2.43. The van der Waals surface area contributed by atoms with E-state index in [9.17, 15) is 4.79 Å². The normalized spacial score (nSPS) is 18.5. The third kappa shape index (κ3) is 5.38. The van der Waals surface area contributed by atoms with Crippen LogP contribution in [0, 0.1) is 4.77 Å². The number of benzene rings is 1. The maximum atomic E-state index is 12.8. The molecule has 0 unspecified atom stereocenters. The molecule has 0 radical (unpaired) electrons. The SMILES string of the molecule is CCOc1ccc(-c2n[nH]c(=S)n2CCC(=O)NCC2(N3CCSCC3)CCCC2)cc1. The molecule has 2 fully saturated rings. The number of rotatable bonds is 9. The fourth-order valence-corrected chi connectivity index (χ4v) is 5.98. The third-order valence-corrected chi connectivity index (χ3v) is 7.83. The molecule has 2 heterocycles. The smallest absolute Gasteiger partial charge is 0.221 e. The van der Waals surface area contributed by atoms with Crippen LogP contribution in [0.3, 0.4) is 0 Å². The van der Waals surface area contributed by atoms with Gasteiger partial charge in [0.25, 0.3) is 0 Å². The molecular weight excluding hydrogens is 442 g/mol. The maximum absolute atomic E-state index is 12.8. The molecular formula is C23H33N5O2S2. The van der Waals surface area contributed by atoms with Crippen molar-refractivity contribution in [2.24, 2.45) is 0 Å². The lowest BCUT2D eigenvalue weighted by Crippen LogP contribution is -2.56.